The molecule has 1 unspecified atom stereocenters. The molecule has 0 bridgehead atoms. The summed E-state index contributed by atoms with van der Waals surface area (Å²) >= 11 is 0. The van der Waals surface area contributed by atoms with Crippen LogP contribution in [0, 0.1) is 12.8 Å². The third kappa shape index (κ3) is 6.40. The van der Waals surface area contributed by atoms with Crippen molar-refractivity contribution in [2.75, 3.05) is 18.0 Å². The third-order valence-corrected chi connectivity index (χ3v) is 7.18. The fourth-order valence-corrected chi connectivity index (χ4v) is 5.06. The van der Waals surface area contributed by atoms with Gasteiger partial charge in [0, 0.05) is 13.1 Å². The number of hydrogen-bond donors (Lipinski definition) is 1. The molecule has 0 spiro atoms. The van der Waals surface area contributed by atoms with Gasteiger partial charge in [-0.3, -0.25) is 4.79 Å². The number of aryl methyl sites for hydroxylation is 1. The first kappa shape index (κ1) is 29.4. The lowest BCUT2D eigenvalue weighted by molar-refractivity contribution is 0.0688. The van der Waals surface area contributed by atoms with E-state index in [9.17, 15) is 9.59 Å². The van der Waals surface area contributed by atoms with Crippen LogP contribution in [-0.4, -0.2) is 59.5 Å². The third-order valence-electron chi connectivity index (χ3n) is 7.18. The largest absolute Gasteiger partial charge is 0.477 e. The second-order valence-corrected chi connectivity index (χ2v) is 10.3. The minimum absolute atomic E-state index is 0.0896. The summed E-state index contributed by atoms with van der Waals surface area (Å²) in [6, 6.07) is 18.7. The van der Waals surface area contributed by atoms with Gasteiger partial charge in [0.15, 0.2) is 5.65 Å². The molecule has 222 valence electrons. The highest BCUT2D eigenvalue weighted by Crippen LogP contribution is 2.29. The molecular formula is C32H35N7O4. The normalized spacial score (nSPS) is 15.4. The van der Waals surface area contributed by atoms with Crippen molar-refractivity contribution in [3.05, 3.63) is 95.4 Å². The van der Waals surface area contributed by atoms with Gasteiger partial charge in [-0.05, 0) is 43.0 Å². The first-order valence-corrected chi connectivity index (χ1v) is 14.5. The molecule has 43 heavy (non-hydrogen) atoms. The molecule has 5 aromatic rings. The number of benzene rings is 1. The van der Waals surface area contributed by atoms with Crippen LogP contribution in [0.15, 0.2) is 71.3 Å². The number of carboxylic acid groups (broad SMARTS) is 1. The fourth-order valence-electron chi connectivity index (χ4n) is 5.06. The maximum absolute atomic E-state index is 13.2. The Morgan fingerprint density at radius 3 is 2.33 bits per heavy atom. The van der Waals surface area contributed by atoms with Gasteiger partial charge in [0.25, 0.3) is 5.91 Å². The van der Waals surface area contributed by atoms with Crippen molar-refractivity contribution >= 4 is 23.2 Å². The quantitative estimate of drug-likeness (QED) is 0.292. The molecule has 2 aliphatic rings. The Balaban J connectivity index is 0.000000406. The van der Waals surface area contributed by atoms with E-state index in [-0.39, 0.29) is 36.4 Å². The van der Waals surface area contributed by atoms with Gasteiger partial charge in [-0.2, -0.15) is 0 Å². The zero-order valence-corrected chi connectivity index (χ0v) is 24.8. The van der Waals surface area contributed by atoms with Crippen LogP contribution in [0.5, 0.6) is 0 Å². The predicted octanol–water partition coefficient (Wildman–Crippen LogP) is 5.50. The topological polar surface area (TPSA) is 130 Å². The summed E-state index contributed by atoms with van der Waals surface area (Å²) in [5.74, 6) is 0.133. The minimum atomic E-state index is -1.12. The minimum Gasteiger partial charge on any atom is -0.477 e. The van der Waals surface area contributed by atoms with E-state index in [1.807, 2.05) is 63.4 Å². The molecule has 1 fully saturated rings. The summed E-state index contributed by atoms with van der Waals surface area (Å²) in [5, 5.41) is 13.6. The van der Waals surface area contributed by atoms with E-state index in [4.69, 9.17) is 9.52 Å². The van der Waals surface area contributed by atoms with Gasteiger partial charge in [-0.1, -0.05) is 63.2 Å². The molecule has 11 nitrogen and oxygen atoms in total. The van der Waals surface area contributed by atoms with Crippen LogP contribution in [0.25, 0.3) is 17.2 Å². The lowest BCUT2D eigenvalue weighted by atomic mass is 10.2. The summed E-state index contributed by atoms with van der Waals surface area (Å²) in [4.78, 5) is 41.3. The van der Waals surface area contributed by atoms with Gasteiger partial charge in [0.2, 0.25) is 11.7 Å². The Kier molecular flexibility index (Phi) is 8.79. The van der Waals surface area contributed by atoms with Crippen LogP contribution in [0.2, 0.25) is 0 Å². The molecule has 1 aromatic carbocycles. The highest BCUT2D eigenvalue weighted by atomic mass is 16.4. The number of fused-ring (bicyclic) bond motifs is 2. The SMILES string of the molecule is CC.Cc1cc(N2CCC(C)C2)cn2nc(C(=O)N3Cc4nc(-c5cccc(C(=O)O)n5)oc4C3)nc12.c1ccccc1. The van der Waals surface area contributed by atoms with E-state index >= 15 is 0 Å². The molecule has 4 aromatic heterocycles. The Hall–Kier alpha value is -5.06. The van der Waals surface area contributed by atoms with E-state index < -0.39 is 5.97 Å². The molecule has 0 radical (unpaired) electrons. The van der Waals surface area contributed by atoms with Crippen LogP contribution < -0.4 is 4.90 Å². The van der Waals surface area contributed by atoms with E-state index in [2.05, 4.69) is 37.9 Å². The number of amides is 1. The number of pyridine rings is 2. The summed E-state index contributed by atoms with van der Waals surface area (Å²) < 4.78 is 7.50. The van der Waals surface area contributed by atoms with Crippen LogP contribution in [0.4, 0.5) is 5.69 Å². The number of rotatable bonds is 4. The first-order valence-electron chi connectivity index (χ1n) is 14.5. The van der Waals surface area contributed by atoms with Crippen molar-refractivity contribution in [2.24, 2.45) is 5.92 Å². The Bertz CT molecular complexity index is 1680. The average Bonchev–Trinajstić information content (AvgIpc) is 3.82. The van der Waals surface area contributed by atoms with E-state index in [1.54, 1.807) is 21.5 Å². The molecule has 6 heterocycles. The zero-order valence-electron chi connectivity index (χ0n) is 24.8. The number of nitrogens with zero attached hydrogens (tertiary/aromatic N) is 7. The van der Waals surface area contributed by atoms with E-state index in [0.717, 1.165) is 30.8 Å². The molecule has 11 heteroatoms. The molecule has 1 amide bonds. The number of carboxylic acids is 1. The van der Waals surface area contributed by atoms with Crippen molar-refractivity contribution in [1.82, 2.24) is 29.5 Å². The lowest BCUT2D eigenvalue weighted by Gasteiger charge is -2.18. The Morgan fingerprint density at radius 1 is 0.977 bits per heavy atom. The van der Waals surface area contributed by atoms with Gasteiger partial charge < -0.3 is 19.3 Å². The summed E-state index contributed by atoms with van der Waals surface area (Å²) in [7, 11) is 0. The molecular weight excluding hydrogens is 546 g/mol. The van der Waals surface area contributed by atoms with Crippen LogP contribution in [0.1, 0.15) is 65.3 Å². The Morgan fingerprint density at radius 2 is 1.70 bits per heavy atom. The number of aromatic nitrogens is 5. The van der Waals surface area contributed by atoms with E-state index in [1.165, 1.54) is 6.07 Å². The second-order valence-electron chi connectivity index (χ2n) is 10.3. The molecule has 0 saturated carbocycles. The summed E-state index contributed by atoms with van der Waals surface area (Å²) in [5.41, 5.74) is 3.56. The number of oxazole rings is 1. The van der Waals surface area contributed by atoms with Crippen LogP contribution in [-0.2, 0) is 13.1 Å². The van der Waals surface area contributed by atoms with Crippen molar-refractivity contribution in [3.8, 4) is 11.6 Å². The highest BCUT2D eigenvalue weighted by molar-refractivity contribution is 5.91. The molecule has 1 atom stereocenters. The standard InChI is InChI=1S/C24H23N7O4.C6H6.C2H6/c1-13-6-7-29(9-13)15-8-14(2)21-27-20(28-31(21)10-15)23(32)30-11-18-19(12-30)35-22(26-18)16-4-3-5-17(25-16)24(33)34;1-2-4-6-5-3-1;1-2/h3-5,8,10,13H,6-7,9,11-12H2,1-2H3,(H,33,34);1-6H;1-2H3. The fraction of sp³-hybridized carbons (Fsp3) is 0.312. The number of carbonyl (C=O) groups is 2. The molecule has 1 N–H and O–H groups in total. The zero-order chi connectivity index (χ0) is 30.5. The molecule has 7 rings (SSSR count). The average molecular weight is 582 g/mol. The van der Waals surface area contributed by atoms with Crippen molar-refractivity contribution in [1.29, 1.82) is 0 Å². The second kappa shape index (κ2) is 12.8. The monoisotopic (exact) mass is 581 g/mol. The van der Waals surface area contributed by atoms with Gasteiger partial charge in [0.1, 0.15) is 22.8 Å². The Labute approximate surface area is 249 Å². The smallest absolute Gasteiger partial charge is 0.354 e. The van der Waals surface area contributed by atoms with E-state index in [0.29, 0.717) is 28.7 Å². The van der Waals surface area contributed by atoms with Gasteiger partial charge in [0.05, 0.1) is 25.0 Å². The lowest BCUT2D eigenvalue weighted by Crippen LogP contribution is -2.26. The first-order chi connectivity index (χ1) is 20.9. The van der Waals surface area contributed by atoms with Crippen molar-refractivity contribution < 1.29 is 19.1 Å². The maximum Gasteiger partial charge on any atom is 0.354 e. The highest BCUT2D eigenvalue weighted by Gasteiger charge is 2.32. The predicted molar refractivity (Wildman–Crippen MR) is 162 cm³/mol. The van der Waals surface area contributed by atoms with Crippen molar-refractivity contribution in [3.63, 3.8) is 0 Å². The number of aromatic carboxylic acids is 1. The number of carbonyl (C=O) groups excluding carboxylic acids is 1. The summed E-state index contributed by atoms with van der Waals surface area (Å²) in [6.45, 7) is 10.7. The number of anilines is 1. The summed E-state index contributed by atoms with van der Waals surface area (Å²) in [6.07, 6.45) is 3.10. The molecule has 1 saturated heterocycles. The van der Waals surface area contributed by atoms with Crippen LogP contribution in [0.3, 0.4) is 0 Å². The van der Waals surface area contributed by atoms with Crippen molar-refractivity contribution in [2.45, 2.75) is 47.2 Å². The van der Waals surface area contributed by atoms with Gasteiger partial charge in [-0.15, -0.1) is 5.10 Å². The maximum atomic E-state index is 13.2. The molecule has 0 aliphatic carbocycles. The van der Waals surface area contributed by atoms with Gasteiger partial charge >= 0.3 is 5.97 Å². The van der Waals surface area contributed by atoms with Crippen LogP contribution >= 0.6 is 0 Å². The molecule has 2 aliphatic heterocycles. The van der Waals surface area contributed by atoms with Gasteiger partial charge in [-0.25, -0.2) is 24.3 Å². The number of hydrogen-bond acceptors (Lipinski definition) is 8.